The van der Waals surface area contributed by atoms with Crippen LogP contribution in [-0.4, -0.2) is 24.2 Å². The molecule has 1 fully saturated rings. The lowest BCUT2D eigenvalue weighted by atomic mass is 9.91. The Labute approximate surface area is 112 Å². The van der Waals surface area contributed by atoms with E-state index in [9.17, 15) is 22.4 Å². The van der Waals surface area contributed by atoms with E-state index in [-0.39, 0.29) is 12.3 Å². The zero-order chi connectivity index (χ0) is 14.9. The topological polar surface area (TPSA) is 49.3 Å². The molecule has 1 heterocycles. The van der Waals surface area contributed by atoms with E-state index >= 15 is 0 Å². The van der Waals surface area contributed by atoms with Gasteiger partial charge in [0.15, 0.2) is 23.3 Å². The first-order chi connectivity index (χ1) is 9.43. The van der Waals surface area contributed by atoms with Gasteiger partial charge < -0.3 is 10.4 Å². The highest BCUT2D eigenvalue weighted by Gasteiger charge is 2.30. The summed E-state index contributed by atoms with van der Waals surface area (Å²) < 4.78 is 54.6. The van der Waals surface area contributed by atoms with E-state index in [2.05, 4.69) is 5.32 Å². The van der Waals surface area contributed by atoms with Crippen molar-refractivity contribution in [3.05, 3.63) is 34.4 Å². The maximum atomic E-state index is 13.8. The number of rotatable bonds is 3. The van der Waals surface area contributed by atoms with Crippen LogP contribution in [0.3, 0.4) is 0 Å². The van der Waals surface area contributed by atoms with E-state index in [0.717, 1.165) is 13.0 Å². The average Bonchev–Trinajstić information content (AvgIpc) is 2.42. The lowest BCUT2D eigenvalue weighted by Crippen LogP contribution is -2.31. The molecule has 1 atom stereocenters. The zero-order valence-corrected chi connectivity index (χ0v) is 10.5. The van der Waals surface area contributed by atoms with Crippen LogP contribution in [0.4, 0.5) is 17.6 Å². The maximum absolute atomic E-state index is 13.8. The molecule has 0 radical (unpaired) electrons. The third-order valence-corrected chi connectivity index (χ3v) is 3.46. The van der Waals surface area contributed by atoms with Gasteiger partial charge in [-0.1, -0.05) is 0 Å². The molecule has 1 aliphatic rings. The van der Waals surface area contributed by atoms with Gasteiger partial charge in [-0.25, -0.2) is 22.4 Å². The number of nitrogens with one attached hydrogen (secondary N) is 1. The first kappa shape index (κ1) is 14.8. The number of hydrogen-bond acceptors (Lipinski definition) is 2. The van der Waals surface area contributed by atoms with Gasteiger partial charge in [0, 0.05) is 5.56 Å². The summed E-state index contributed by atoms with van der Waals surface area (Å²) in [5.74, 6) is -9.12. The van der Waals surface area contributed by atoms with E-state index in [4.69, 9.17) is 5.11 Å². The third-order valence-electron chi connectivity index (χ3n) is 3.46. The molecule has 0 spiro atoms. The lowest BCUT2D eigenvalue weighted by Gasteiger charge is -2.23. The van der Waals surface area contributed by atoms with E-state index < -0.39 is 40.4 Å². The van der Waals surface area contributed by atoms with Crippen molar-refractivity contribution in [3.8, 4) is 0 Å². The Morgan fingerprint density at radius 2 is 1.75 bits per heavy atom. The maximum Gasteiger partial charge on any atom is 0.341 e. The number of hydrogen-bond donors (Lipinski definition) is 2. The number of benzene rings is 1. The fourth-order valence-corrected chi connectivity index (χ4v) is 2.43. The van der Waals surface area contributed by atoms with Gasteiger partial charge in [0.1, 0.15) is 5.56 Å². The molecule has 110 valence electrons. The van der Waals surface area contributed by atoms with Crippen LogP contribution in [0.1, 0.15) is 28.8 Å². The zero-order valence-electron chi connectivity index (χ0n) is 10.5. The van der Waals surface area contributed by atoms with Crippen molar-refractivity contribution < 1.29 is 27.5 Å². The van der Waals surface area contributed by atoms with Crippen LogP contribution in [0.2, 0.25) is 0 Å². The smallest absolute Gasteiger partial charge is 0.341 e. The first-order valence-corrected chi connectivity index (χ1v) is 6.22. The summed E-state index contributed by atoms with van der Waals surface area (Å²) in [5, 5.41) is 11.6. The van der Waals surface area contributed by atoms with E-state index in [1.165, 1.54) is 0 Å². The third kappa shape index (κ3) is 2.63. The largest absolute Gasteiger partial charge is 0.477 e. The number of carboxylic acid groups (broad SMARTS) is 1. The highest BCUT2D eigenvalue weighted by molar-refractivity contribution is 5.88. The van der Waals surface area contributed by atoms with Gasteiger partial charge in [-0.05, 0) is 38.3 Å². The van der Waals surface area contributed by atoms with Crippen LogP contribution in [0.15, 0.2) is 0 Å². The second-order valence-corrected chi connectivity index (χ2v) is 4.83. The van der Waals surface area contributed by atoms with Crippen LogP contribution in [-0.2, 0) is 6.42 Å². The predicted octanol–water partition coefficient (Wildman–Crippen LogP) is 2.48. The molecule has 1 saturated heterocycles. The van der Waals surface area contributed by atoms with Gasteiger partial charge in [-0.2, -0.15) is 0 Å². The minimum Gasteiger partial charge on any atom is -0.477 e. The standard InChI is InChI=1S/C13H13F4NO2/c14-9-7(4-6-2-1-3-18-5-6)10(15)12(17)8(11(9)16)13(19)20/h6,18H,1-5H2,(H,19,20). The number of aromatic carboxylic acids is 1. The Morgan fingerprint density at radius 1 is 1.15 bits per heavy atom. The number of piperidine rings is 1. The first-order valence-electron chi connectivity index (χ1n) is 6.22. The fraction of sp³-hybridized carbons (Fsp3) is 0.462. The average molecular weight is 291 g/mol. The Hall–Kier alpha value is -1.63. The van der Waals surface area contributed by atoms with E-state index in [0.29, 0.717) is 13.0 Å². The number of carboxylic acids is 1. The fourth-order valence-electron chi connectivity index (χ4n) is 2.43. The summed E-state index contributed by atoms with van der Waals surface area (Å²) in [6.07, 6.45) is 1.33. The van der Waals surface area contributed by atoms with E-state index in [1.54, 1.807) is 0 Å². The van der Waals surface area contributed by atoms with Crippen molar-refractivity contribution in [3.63, 3.8) is 0 Å². The highest BCUT2D eigenvalue weighted by atomic mass is 19.2. The Morgan fingerprint density at radius 3 is 2.20 bits per heavy atom. The molecular formula is C13H13F4NO2. The van der Waals surface area contributed by atoms with Crippen LogP contribution >= 0.6 is 0 Å². The second-order valence-electron chi connectivity index (χ2n) is 4.83. The van der Waals surface area contributed by atoms with Crippen molar-refractivity contribution in [1.29, 1.82) is 0 Å². The van der Waals surface area contributed by atoms with Crippen LogP contribution in [0.5, 0.6) is 0 Å². The summed E-state index contributed by atoms with van der Waals surface area (Å²) in [6, 6.07) is 0. The summed E-state index contributed by atoms with van der Waals surface area (Å²) in [4.78, 5) is 10.6. The van der Waals surface area contributed by atoms with Gasteiger partial charge >= 0.3 is 5.97 Å². The highest BCUT2D eigenvalue weighted by Crippen LogP contribution is 2.27. The Balaban J connectivity index is 2.41. The van der Waals surface area contributed by atoms with Crippen LogP contribution < -0.4 is 5.32 Å². The molecule has 0 aromatic heterocycles. The molecule has 0 amide bonds. The van der Waals surface area contributed by atoms with Crippen LogP contribution in [0.25, 0.3) is 0 Å². The van der Waals surface area contributed by atoms with Crippen molar-refractivity contribution in [2.45, 2.75) is 19.3 Å². The molecule has 2 rings (SSSR count). The monoisotopic (exact) mass is 291 g/mol. The normalized spacial score (nSPS) is 19.1. The van der Waals surface area contributed by atoms with Crippen molar-refractivity contribution in [2.24, 2.45) is 5.92 Å². The lowest BCUT2D eigenvalue weighted by molar-refractivity contribution is 0.0683. The van der Waals surface area contributed by atoms with E-state index in [1.807, 2.05) is 0 Å². The van der Waals surface area contributed by atoms with Crippen molar-refractivity contribution in [1.82, 2.24) is 5.32 Å². The molecule has 3 nitrogen and oxygen atoms in total. The molecule has 0 aliphatic carbocycles. The molecule has 7 heteroatoms. The number of halogens is 4. The quantitative estimate of drug-likeness (QED) is 0.664. The Bertz CT molecular complexity index is 513. The molecule has 0 saturated carbocycles. The number of carbonyl (C=O) groups is 1. The van der Waals surface area contributed by atoms with Crippen molar-refractivity contribution in [2.75, 3.05) is 13.1 Å². The summed E-state index contributed by atoms with van der Waals surface area (Å²) >= 11 is 0. The van der Waals surface area contributed by atoms with Gasteiger partial charge in [0.25, 0.3) is 0 Å². The molecule has 0 bridgehead atoms. The Kier molecular flexibility index (Phi) is 4.27. The summed E-state index contributed by atoms with van der Waals surface area (Å²) in [7, 11) is 0. The summed E-state index contributed by atoms with van der Waals surface area (Å²) in [5.41, 5.74) is -2.32. The minimum absolute atomic E-state index is 0.137. The molecule has 1 aromatic rings. The molecule has 2 N–H and O–H groups in total. The molecular weight excluding hydrogens is 278 g/mol. The molecule has 1 aliphatic heterocycles. The van der Waals surface area contributed by atoms with Gasteiger partial charge in [-0.3, -0.25) is 0 Å². The van der Waals surface area contributed by atoms with Crippen molar-refractivity contribution >= 4 is 5.97 Å². The minimum atomic E-state index is -2.04. The van der Waals surface area contributed by atoms with Gasteiger partial charge in [-0.15, -0.1) is 0 Å². The van der Waals surface area contributed by atoms with Gasteiger partial charge in [0.2, 0.25) is 0 Å². The second kappa shape index (κ2) is 5.78. The molecule has 1 aromatic carbocycles. The van der Waals surface area contributed by atoms with Crippen LogP contribution in [0, 0.1) is 29.2 Å². The SMILES string of the molecule is O=C(O)c1c(F)c(F)c(CC2CCCNC2)c(F)c1F. The predicted molar refractivity (Wildman–Crippen MR) is 62.5 cm³/mol. The van der Waals surface area contributed by atoms with Gasteiger partial charge in [0.05, 0.1) is 0 Å². The molecule has 20 heavy (non-hydrogen) atoms. The summed E-state index contributed by atoms with van der Waals surface area (Å²) in [6.45, 7) is 1.30. The molecule has 1 unspecified atom stereocenters.